The Hall–Kier alpha value is -2.63. The molecule has 2 atom stereocenters. The molecule has 1 saturated carbocycles. The number of carbonyl (C=O) groups excluding carboxylic acids is 1. The number of amides is 1. The number of para-hydroxylation sites is 1. The van der Waals surface area contributed by atoms with Crippen LogP contribution in [0.25, 0.3) is 0 Å². The molecule has 1 aliphatic carbocycles. The Balaban J connectivity index is 1.12. The van der Waals surface area contributed by atoms with E-state index >= 15 is 0 Å². The van der Waals surface area contributed by atoms with Crippen molar-refractivity contribution >= 4 is 5.91 Å². The van der Waals surface area contributed by atoms with Crippen molar-refractivity contribution in [3.05, 3.63) is 47.7 Å². The van der Waals surface area contributed by atoms with Crippen LogP contribution in [0.2, 0.25) is 0 Å². The summed E-state index contributed by atoms with van der Waals surface area (Å²) in [4.78, 5) is 14.9. The lowest BCUT2D eigenvalue weighted by molar-refractivity contribution is -0.136. The molecule has 1 aromatic carbocycles. The second kappa shape index (κ2) is 7.41. The van der Waals surface area contributed by atoms with Crippen LogP contribution in [0.5, 0.6) is 11.6 Å². The number of carbonyl (C=O) groups is 1. The number of benzene rings is 1. The van der Waals surface area contributed by atoms with Crippen LogP contribution >= 0.6 is 0 Å². The van der Waals surface area contributed by atoms with Crippen molar-refractivity contribution in [1.29, 1.82) is 0 Å². The van der Waals surface area contributed by atoms with E-state index in [9.17, 15) is 4.79 Å². The molecule has 1 amide bonds. The zero-order valence-corrected chi connectivity index (χ0v) is 15.9. The van der Waals surface area contributed by atoms with Crippen molar-refractivity contribution in [3.63, 3.8) is 0 Å². The molecule has 28 heavy (non-hydrogen) atoms. The topological polar surface area (TPSA) is 64.5 Å². The van der Waals surface area contributed by atoms with Gasteiger partial charge in [0.25, 0.3) is 0 Å². The number of ether oxygens (including phenoxy) is 2. The molecule has 6 nitrogen and oxygen atoms in total. The minimum Gasteiger partial charge on any atom is -0.492 e. The maximum Gasteiger partial charge on any atom is 0.233 e. The largest absolute Gasteiger partial charge is 0.492 e. The summed E-state index contributed by atoms with van der Waals surface area (Å²) in [5.41, 5.74) is 2.20. The zero-order valence-electron chi connectivity index (χ0n) is 15.9. The number of likely N-dealkylation sites (tertiary alicyclic amines) is 1. The maximum absolute atomic E-state index is 12.9. The predicted molar refractivity (Wildman–Crippen MR) is 103 cm³/mol. The van der Waals surface area contributed by atoms with Crippen LogP contribution in [0.4, 0.5) is 0 Å². The van der Waals surface area contributed by atoms with Gasteiger partial charge in [-0.05, 0) is 43.4 Å². The Kier molecular flexibility index (Phi) is 4.63. The molecule has 0 N–H and O–H groups in total. The first-order valence-corrected chi connectivity index (χ1v) is 10.2. The molecule has 1 saturated heterocycles. The molecule has 3 aliphatic rings. The highest BCUT2D eigenvalue weighted by molar-refractivity contribution is 5.80. The molecular weight excluding hydrogens is 354 g/mol. The van der Waals surface area contributed by atoms with Gasteiger partial charge >= 0.3 is 0 Å². The molecule has 0 bridgehead atoms. The number of rotatable bonds is 5. The summed E-state index contributed by atoms with van der Waals surface area (Å²) in [7, 11) is 0. The van der Waals surface area contributed by atoms with Crippen molar-refractivity contribution in [2.75, 3.05) is 26.3 Å². The fourth-order valence-electron chi connectivity index (χ4n) is 4.12. The number of hydrogen-bond acceptors (Lipinski definition) is 5. The van der Waals surface area contributed by atoms with E-state index in [1.54, 1.807) is 0 Å². The highest BCUT2D eigenvalue weighted by Gasteiger charge is 2.34. The third-order valence-corrected chi connectivity index (χ3v) is 5.95. The van der Waals surface area contributed by atoms with E-state index in [-0.39, 0.29) is 11.8 Å². The molecule has 6 heteroatoms. The Labute approximate surface area is 164 Å². The summed E-state index contributed by atoms with van der Waals surface area (Å²) < 4.78 is 11.6. The first kappa shape index (κ1) is 17.5. The summed E-state index contributed by atoms with van der Waals surface area (Å²) in [6.07, 6.45) is 4.16. The quantitative estimate of drug-likeness (QED) is 0.799. The third-order valence-electron chi connectivity index (χ3n) is 5.95. The normalized spacial score (nSPS) is 23.8. The molecule has 3 heterocycles. The van der Waals surface area contributed by atoms with Gasteiger partial charge in [-0.3, -0.25) is 4.79 Å². The lowest BCUT2D eigenvalue weighted by Crippen LogP contribution is -2.39. The van der Waals surface area contributed by atoms with E-state index in [2.05, 4.69) is 10.2 Å². The molecule has 146 valence electrons. The Morgan fingerprint density at radius 3 is 2.86 bits per heavy atom. The summed E-state index contributed by atoms with van der Waals surface area (Å²) in [6, 6.07) is 11.9. The number of nitrogens with zero attached hydrogens (tertiary/aromatic N) is 3. The van der Waals surface area contributed by atoms with Gasteiger partial charge in [0.05, 0.1) is 18.2 Å². The number of fused-ring (bicyclic) bond motifs is 1. The SMILES string of the molecule is O=C(C1COc2ccccc2C1)N1CCC(COc2ccc(C3CC3)nn2)C1. The van der Waals surface area contributed by atoms with Crippen molar-refractivity contribution in [3.8, 4) is 11.6 Å². The highest BCUT2D eigenvalue weighted by atomic mass is 16.5. The lowest BCUT2D eigenvalue weighted by atomic mass is 9.95. The molecular formula is C22H25N3O3. The molecule has 0 spiro atoms. The molecule has 0 radical (unpaired) electrons. The standard InChI is InChI=1S/C22H25N3O3/c26-22(18-11-17-3-1-2-4-20(17)27-14-18)25-10-9-15(12-25)13-28-21-8-7-19(23-24-21)16-5-6-16/h1-4,7-8,15-16,18H,5-6,9-14H2. The number of aromatic nitrogens is 2. The van der Waals surface area contributed by atoms with Crippen LogP contribution in [0.15, 0.2) is 36.4 Å². The molecule has 2 unspecified atom stereocenters. The average molecular weight is 379 g/mol. The summed E-state index contributed by atoms with van der Waals surface area (Å²) in [5, 5.41) is 8.44. The van der Waals surface area contributed by atoms with Gasteiger partial charge in [-0.25, -0.2) is 0 Å². The summed E-state index contributed by atoms with van der Waals surface area (Å²) in [5.74, 6) is 2.54. The van der Waals surface area contributed by atoms with Crippen LogP contribution in [-0.2, 0) is 11.2 Å². The second-order valence-corrected chi connectivity index (χ2v) is 8.14. The Morgan fingerprint density at radius 1 is 1.14 bits per heavy atom. The van der Waals surface area contributed by atoms with Crippen LogP contribution < -0.4 is 9.47 Å². The van der Waals surface area contributed by atoms with Crippen LogP contribution in [0.3, 0.4) is 0 Å². The van der Waals surface area contributed by atoms with Crippen molar-refractivity contribution in [2.45, 2.75) is 31.6 Å². The Morgan fingerprint density at radius 2 is 2.04 bits per heavy atom. The third kappa shape index (κ3) is 3.68. The average Bonchev–Trinajstić information content (AvgIpc) is 3.49. The van der Waals surface area contributed by atoms with Crippen LogP contribution in [0, 0.1) is 11.8 Å². The maximum atomic E-state index is 12.9. The van der Waals surface area contributed by atoms with Crippen LogP contribution in [0.1, 0.15) is 36.4 Å². The highest BCUT2D eigenvalue weighted by Crippen LogP contribution is 2.38. The molecule has 1 aromatic heterocycles. The minimum atomic E-state index is -0.0876. The minimum absolute atomic E-state index is 0.0876. The predicted octanol–water partition coefficient (Wildman–Crippen LogP) is 2.83. The monoisotopic (exact) mass is 379 g/mol. The van der Waals surface area contributed by atoms with E-state index in [1.165, 1.54) is 12.8 Å². The molecule has 2 fully saturated rings. The Bertz CT molecular complexity index is 850. The first-order chi connectivity index (χ1) is 13.8. The van der Waals surface area contributed by atoms with Crippen molar-refractivity contribution < 1.29 is 14.3 Å². The van der Waals surface area contributed by atoms with E-state index < -0.39 is 0 Å². The zero-order chi connectivity index (χ0) is 18.9. The van der Waals surface area contributed by atoms with Crippen LogP contribution in [-0.4, -0.2) is 47.3 Å². The van der Waals surface area contributed by atoms with Gasteiger partial charge in [-0.1, -0.05) is 18.2 Å². The molecule has 2 aromatic rings. The fourth-order valence-corrected chi connectivity index (χ4v) is 4.12. The van der Waals surface area contributed by atoms with Gasteiger partial charge in [-0.2, -0.15) is 5.10 Å². The van der Waals surface area contributed by atoms with E-state index in [1.807, 2.05) is 41.3 Å². The van der Waals surface area contributed by atoms with E-state index in [0.717, 1.165) is 42.9 Å². The number of hydrogen-bond donors (Lipinski definition) is 0. The molecule has 2 aliphatic heterocycles. The molecule has 5 rings (SSSR count). The summed E-state index contributed by atoms with van der Waals surface area (Å²) in [6.45, 7) is 2.57. The first-order valence-electron chi connectivity index (χ1n) is 10.2. The van der Waals surface area contributed by atoms with Crippen molar-refractivity contribution in [1.82, 2.24) is 15.1 Å². The van der Waals surface area contributed by atoms with Gasteiger partial charge in [0.15, 0.2) is 0 Å². The fraction of sp³-hybridized carbons (Fsp3) is 0.500. The van der Waals surface area contributed by atoms with E-state index in [4.69, 9.17) is 9.47 Å². The van der Waals surface area contributed by atoms with Crippen molar-refractivity contribution in [2.24, 2.45) is 11.8 Å². The second-order valence-electron chi connectivity index (χ2n) is 8.14. The lowest BCUT2D eigenvalue weighted by Gasteiger charge is -2.28. The van der Waals surface area contributed by atoms with E-state index in [0.29, 0.717) is 30.9 Å². The van der Waals surface area contributed by atoms with Gasteiger partial charge in [-0.15, -0.1) is 5.10 Å². The smallest absolute Gasteiger partial charge is 0.233 e. The van der Waals surface area contributed by atoms with Gasteiger partial charge in [0.2, 0.25) is 11.8 Å². The van der Waals surface area contributed by atoms with Gasteiger partial charge in [0.1, 0.15) is 12.4 Å². The summed E-state index contributed by atoms with van der Waals surface area (Å²) >= 11 is 0. The van der Waals surface area contributed by atoms with Gasteiger partial charge < -0.3 is 14.4 Å². The van der Waals surface area contributed by atoms with Gasteiger partial charge in [0, 0.05) is 31.0 Å².